The molecule has 0 aromatic rings. The summed E-state index contributed by atoms with van der Waals surface area (Å²) in [5.41, 5.74) is -0.384. The number of thioether (sulfide) groups is 1. The van der Waals surface area contributed by atoms with Crippen molar-refractivity contribution in [2.75, 3.05) is 12.0 Å². The molecule has 0 spiro atoms. The lowest BCUT2D eigenvalue weighted by Gasteiger charge is -2.22. The Morgan fingerprint density at radius 3 is 2.64 bits per heavy atom. The zero-order valence-corrected chi connectivity index (χ0v) is 8.03. The van der Waals surface area contributed by atoms with Crippen LogP contribution in [0.25, 0.3) is 0 Å². The first kappa shape index (κ1) is 10.6. The predicted octanol–water partition coefficient (Wildman–Crippen LogP) is 1.86. The Morgan fingerprint density at radius 2 is 2.27 bits per heavy atom. The van der Waals surface area contributed by atoms with Gasteiger partial charge in [-0.2, -0.15) is 11.8 Å². The van der Waals surface area contributed by atoms with E-state index in [-0.39, 0.29) is 11.6 Å². The molecule has 0 saturated heterocycles. The molecule has 0 aromatic heterocycles. The van der Waals surface area contributed by atoms with Crippen LogP contribution in [-0.4, -0.2) is 23.6 Å². The molecule has 0 bridgehead atoms. The number of carbonyl (C=O) groups excluding carboxylic acids is 1. The lowest BCUT2D eigenvalue weighted by Crippen LogP contribution is -2.29. The summed E-state index contributed by atoms with van der Waals surface area (Å²) in [5, 5.41) is 0. The van der Waals surface area contributed by atoms with Gasteiger partial charge in [-0.25, -0.2) is 4.79 Å². The van der Waals surface area contributed by atoms with Crippen molar-refractivity contribution in [2.24, 2.45) is 0 Å². The van der Waals surface area contributed by atoms with Gasteiger partial charge in [-0.15, -0.1) is 0 Å². The Hall–Kier alpha value is -0.440. The molecule has 3 heteroatoms. The third-order valence-electron chi connectivity index (χ3n) is 1.04. The molecular weight excluding hydrogens is 160 g/mol. The second kappa shape index (κ2) is 4.44. The molecule has 2 nitrogen and oxygen atoms in total. The van der Waals surface area contributed by atoms with Gasteiger partial charge < -0.3 is 4.74 Å². The maximum atomic E-state index is 10.8. The quantitative estimate of drug-likeness (QED) is 0.480. The van der Waals surface area contributed by atoms with Crippen LogP contribution < -0.4 is 0 Å². The molecule has 0 N–H and O–H groups in total. The summed E-state index contributed by atoms with van der Waals surface area (Å²) in [6, 6.07) is 0. The van der Waals surface area contributed by atoms with Crippen molar-refractivity contribution in [1.29, 1.82) is 0 Å². The molecule has 0 aliphatic carbocycles. The zero-order valence-electron chi connectivity index (χ0n) is 7.22. The number of ether oxygens (including phenoxy) is 1. The summed E-state index contributed by atoms with van der Waals surface area (Å²) in [7, 11) is 0. The van der Waals surface area contributed by atoms with Crippen molar-refractivity contribution < 1.29 is 9.53 Å². The molecule has 0 aliphatic rings. The molecule has 0 aliphatic heterocycles. The number of hydrogen-bond donors (Lipinski definition) is 0. The molecule has 0 aromatic carbocycles. The first-order valence-corrected chi connectivity index (χ1v) is 4.75. The van der Waals surface area contributed by atoms with Gasteiger partial charge in [0.25, 0.3) is 0 Å². The van der Waals surface area contributed by atoms with Crippen molar-refractivity contribution >= 4 is 17.7 Å². The van der Waals surface area contributed by atoms with E-state index in [1.807, 2.05) is 20.1 Å². The normalized spacial score (nSPS) is 10.8. The minimum Gasteiger partial charge on any atom is -0.456 e. The Morgan fingerprint density at radius 1 is 1.73 bits per heavy atom. The largest absolute Gasteiger partial charge is 0.456 e. The zero-order chi connectivity index (χ0) is 8.91. The van der Waals surface area contributed by atoms with E-state index in [1.54, 1.807) is 11.8 Å². The van der Waals surface area contributed by atoms with E-state index in [9.17, 15) is 4.79 Å². The molecule has 0 radical (unpaired) electrons. The average Bonchev–Trinajstić information content (AvgIpc) is 1.86. The third-order valence-corrected chi connectivity index (χ3v) is 2.02. The summed E-state index contributed by atoms with van der Waals surface area (Å²) in [6.45, 7) is 7.08. The Bertz CT molecular complexity index is 152. The maximum absolute atomic E-state index is 10.8. The predicted molar refractivity (Wildman–Crippen MR) is 48.8 cm³/mol. The van der Waals surface area contributed by atoms with Crippen LogP contribution in [0, 0.1) is 0 Å². The summed E-state index contributed by atoms with van der Waals surface area (Å²) in [4.78, 5) is 10.8. The SMILES string of the molecule is C=CC(=O)OC(C)(C)CSC. The highest BCUT2D eigenvalue weighted by molar-refractivity contribution is 7.98. The van der Waals surface area contributed by atoms with Gasteiger partial charge in [0.15, 0.2) is 0 Å². The fraction of sp³-hybridized carbons (Fsp3) is 0.625. The van der Waals surface area contributed by atoms with Crippen molar-refractivity contribution in [3.8, 4) is 0 Å². The second-order valence-electron chi connectivity index (χ2n) is 2.82. The van der Waals surface area contributed by atoms with E-state index in [4.69, 9.17) is 4.74 Å². The molecule has 11 heavy (non-hydrogen) atoms. The highest BCUT2D eigenvalue weighted by atomic mass is 32.2. The van der Waals surface area contributed by atoms with E-state index in [0.29, 0.717) is 0 Å². The van der Waals surface area contributed by atoms with Crippen molar-refractivity contribution in [1.82, 2.24) is 0 Å². The Kier molecular flexibility index (Phi) is 4.26. The highest BCUT2D eigenvalue weighted by Gasteiger charge is 2.20. The Labute approximate surface area is 72.0 Å². The second-order valence-corrected chi connectivity index (χ2v) is 3.68. The first-order valence-electron chi connectivity index (χ1n) is 3.36. The third kappa shape index (κ3) is 4.90. The minimum absolute atomic E-state index is 0.357. The van der Waals surface area contributed by atoms with E-state index in [0.717, 1.165) is 5.75 Å². The molecule has 0 saturated carbocycles. The Balaban J connectivity index is 3.89. The summed E-state index contributed by atoms with van der Waals surface area (Å²) in [6.07, 6.45) is 3.16. The van der Waals surface area contributed by atoms with Crippen LogP contribution >= 0.6 is 11.8 Å². The van der Waals surface area contributed by atoms with Crippen LogP contribution in [0.5, 0.6) is 0 Å². The van der Waals surface area contributed by atoms with Crippen LogP contribution in [-0.2, 0) is 9.53 Å². The molecule has 0 rings (SSSR count). The molecule has 0 heterocycles. The van der Waals surface area contributed by atoms with Gasteiger partial charge in [-0.05, 0) is 20.1 Å². The standard InChI is InChI=1S/C8H14O2S/c1-5-7(9)10-8(2,3)6-11-4/h5H,1,6H2,2-4H3. The summed E-state index contributed by atoms with van der Waals surface area (Å²) >= 11 is 1.65. The van der Waals surface area contributed by atoms with Crippen molar-refractivity contribution in [3.63, 3.8) is 0 Å². The van der Waals surface area contributed by atoms with Gasteiger partial charge in [0.05, 0.1) is 0 Å². The van der Waals surface area contributed by atoms with Gasteiger partial charge in [0.2, 0.25) is 0 Å². The van der Waals surface area contributed by atoms with E-state index < -0.39 is 0 Å². The lowest BCUT2D eigenvalue weighted by molar-refractivity contribution is -0.148. The number of carbonyl (C=O) groups is 1. The molecule has 0 atom stereocenters. The summed E-state index contributed by atoms with van der Waals surface area (Å²) in [5.74, 6) is 0.441. The van der Waals surface area contributed by atoms with Crippen molar-refractivity contribution in [2.45, 2.75) is 19.4 Å². The van der Waals surface area contributed by atoms with Gasteiger partial charge in [-0.1, -0.05) is 6.58 Å². The van der Waals surface area contributed by atoms with Crippen LogP contribution in [0.15, 0.2) is 12.7 Å². The average molecular weight is 174 g/mol. The van der Waals surface area contributed by atoms with Gasteiger partial charge >= 0.3 is 5.97 Å². The molecule has 64 valence electrons. The number of esters is 1. The first-order chi connectivity index (χ1) is 5.02. The molecule has 0 unspecified atom stereocenters. The molecule has 0 fully saturated rings. The minimum atomic E-state index is -0.384. The van der Waals surface area contributed by atoms with Gasteiger partial charge in [-0.3, -0.25) is 0 Å². The van der Waals surface area contributed by atoms with Crippen LogP contribution in [0.3, 0.4) is 0 Å². The number of hydrogen-bond acceptors (Lipinski definition) is 3. The fourth-order valence-electron chi connectivity index (χ4n) is 0.691. The highest BCUT2D eigenvalue weighted by Crippen LogP contribution is 2.14. The molecular formula is C8H14O2S. The smallest absolute Gasteiger partial charge is 0.330 e. The number of rotatable bonds is 4. The van der Waals surface area contributed by atoms with Gasteiger partial charge in [0, 0.05) is 11.8 Å². The van der Waals surface area contributed by atoms with Crippen LogP contribution in [0.1, 0.15) is 13.8 Å². The maximum Gasteiger partial charge on any atom is 0.330 e. The van der Waals surface area contributed by atoms with Gasteiger partial charge in [0.1, 0.15) is 5.60 Å². The topological polar surface area (TPSA) is 26.3 Å². The van der Waals surface area contributed by atoms with Crippen LogP contribution in [0.2, 0.25) is 0 Å². The summed E-state index contributed by atoms with van der Waals surface area (Å²) < 4.78 is 5.05. The fourth-order valence-corrected chi connectivity index (χ4v) is 1.45. The lowest BCUT2D eigenvalue weighted by atomic mass is 10.2. The molecule has 0 amide bonds. The van der Waals surface area contributed by atoms with E-state index in [2.05, 4.69) is 6.58 Å². The van der Waals surface area contributed by atoms with E-state index >= 15 is 0 Å². The van der Waals surface area contributed by atoms with E-state index in [1.165, 1.54) is 6.08 Å². The monoisotopic (exact) mass is 174 g/mol. The van der Waals surface area contributed by atoms with Crippen molar-refractivity contribution in [3.05, 3.63) is 12.7 Å². The van der Waals surface area contributed by atoms with Crippen LogP contribution in [0.4, 0.5) is 0 Å².